The quantitative estimate of drug-likeness (QED) is 0.834. The Bertz CT molecular complexity index is 561. The molecule has 2 fully saturated rings. The summed E-state index contributed by atoms with van der Waals surface area (Å²) in [5.74, 6) is 0.962. The fourth-order valence-electron chi connectivity index (χ4n) is 3.14. The smallest absolute Gasteiger partial charge is 0.218 e. The van der Waals surface area contributed by atoms with Gasteiger partial charge in [-0.25, -0.2) is 8.42 Å². The predicted octanol–water partition coefficient (Wildman–Crippen LogP) is 1.93. The summed E-state index contributed by atoms with van der Waals surface area (Å²) in [5, 5.41) is 0. The van der Waals surface area contributed by atoms with Crippen LogP contribution in [0.3, 0.4) is 0 Å². The second-order valence-corrected chi connectivity index (χ2v) is 8.22. The summed E-state index contributed by atoms with van der Waals surface area (Å²) in [6.45, 7) is 5.28. The first-order valence-corrected chi connectivity index (χ1v) is 9.43. The molecule has 1 aliphatic carbocycles. The van der Waals surface area contributed by atoms with E-state index in [0.717, 1.165) is 24.6 Å². The van der Waals surface area contributed by atoms with Crippen molar-refractivity contribution in [2.75, 3.05) is 26.2 Å². The van der Waals surface area contributed by atoms with Crippen LogP contribution in [0.15, 0.2) is 30.3 Å². The molecule has 1 saturated carbocycles. The maximum absolute atomic E-state index is 12.5. The Morgan fingerprint density at radius 3 is 2.29 bits per heavy atom. The van der Waals surface area contributed by atoms with Crippen molar-refractivity contribution < 1.29 is 8.42 Å². The number of benzene rings is 1. The van der Waals surface area contributed by atoms with Crippen LogP contribution in [0.25, 0.3) is 0 Å². The normalized spacial score (nSPS) is 23.1. The summed E-state index contributed by atoms with van der Waals surface area (Å²) in [4.78, 5) is 2.45. The molecule has 0 radical (unpaired) electrons. The number of piperazine rings is 1. The SMILES string of the molecule is CC(C1CC1)N1CCN(S(=O)(=O)Cc2ccccc2)CC1. The maximum Gasteiger partial charge on any atom is 0.218 e. The fraction of sp³-hybridized carbons (Fsp3) is 0.625. The van der Waals surface area contributed by atoms with Crippen LogP contribution in [0.5, 0.6) is 0 Å². The number of rotatable bonds is 5. The van der Waals surface area contributed by atoms with Crippen molar-refractivity contribution in [2.45, 2.75) is 31.6 Å². The highest BCUT2D eigenvalue weighted by molar-refractivity contribution is 7.88. The van der Waals surface area contributed by atoms with E-state index in [9.17, 15) is 8.42 Å². The Hall–Kier alpha value is -0.910. The average molecular weight is 308 g/mol. The molecule has 2 aliphatic rings. The van der Waals surface area contributed by atoms with Crippen molar-refractivity contribution >= 4 is 10.0 Å². The molecule has 1 heterocycles. The number of hydrogen-bond donors (Lipinski definition) is 0. The van der Waals surface area contributed by atoms with E-state index >= 15 is 0 Å². The Labute approximate surface area is 127 Å². The van der Waals surface area contributed by atoms with Crippen molar-refractivity contribution in [3.05, 3.63) is 35.9 Å². The molecule has 1 aromatic rings. The van der Waals surface area contributed by atoms with Crippen molar-refractivity contribution in [3.63, 3.8) is 0 Å². The van der Waals surface area contributed by atoms with Gasteiger partial charge in [0.1, 0.15) is 0 Å². The van der Waals surface area contributed by atoms with E-state index < -0.39 is 10.0 Å². The van der Waals surface area contributed by atoms with Gasteiger partial charge in [0.05, 0.1) is 5.75 Å². The van der Waals surface area contributed by atoms with Crippen molar-refractivity contribution in [1.29, 1.82) is 0 Å². The lowest BCUT2D eigenvalue weighted by Crippen LogP contribution is -2.51. The van der Waals surface area contributed by atoms with Crippen LogP contribution in [0.4, 0.5) is 0 Å². The molecule has 116 valence electrons. The zero-order chi connectivity index (χ0) is 14.9. The first kappa shape index (κ1) is 15.0. The highest BCUT2D eigenvalue weighted by Crippen LogP contribution is 2.35. The van der Waals surface area contributed by atoms with Gasteiger partial charge in [0.2, 0.25) is 10.0 Å². The number of nitrogens with zero attached hydrogens (tertiary/aromatic N) is 2. The summed E-state index contributed by atoms with van der Waals surface area (Å²) in [7, 11) is -3.18. The van der Waals surface area contributed by atoms with Crippen LogP contribution in [-0.2, 0) is 15.8 Å². The second kappa shape index (κ2) is 6.07. The Kier molecular flexibility index (Phi) is 4.33. The summed E-state index contributed by atoms with van der Waals surface area (Å²) >= 11 is 0. The van der Waals surface area contributed by atoms with Gasteiger partial charge in [-0.3, -0.25) is 4.90 Å². The van der Waals surface area contributed by atoms with E-state index in [0.29, 0.717) is 19.1 Å². The molecule has 21 heavy (non-hydrogen) atoms. The standard InChI is InChI=1S/C16H24N2O2S/c1-14(16-7-8-16)17-9-11-18(12-10-17)21(19,20)13-15-5-3-2-4-6-15/h2-6,14,16H,7-13H2,1H3. The van der Waals surface area contributed by atoms with Gasteiger partial charge >= 0.3 is 0 Å². The zero-order valence-electron chi connectivity index (χ0n) is 12.6. The Morgan fingerprint density at radius 1 is 1.10 bits per heavy atom. The third kappa shape index (κ3) is 3.65. The van der Waals surface area contributed by atoms with Crippen LogP contribution < -0.4 is 0 Å². The highest BCUT2D eigenvalue weighted by atomic mass is 32.2. The average Bonchev–Trinajstić information content (AvgIpc) is 3.32. The van der Waals surface area contributed by atoms with Gasteiger partial charge in [0, 0.05) is 32.2 Å². The van der Waals surface area contributed by atoms with Gasteiger partial charge in [-0.1, -0.05) is 30.3 Å². The van der Waals surface area contributed by atoms with Crippen molar-refractivity contribution in [1.82, 2.24) is 9.21 Å². The number of hydrogen-bond acceptors (Lipinski definition) is 3. The Balaban J connectivity index is 1.57. The predicted molar refractivity (Wildman–Crippen MR) is 84.4 cm³/mol. The van der Waals surface area contributed by atoms with Gasteiger partial charge in [-0.2, -0.15) is 4.31 Å². The molecule has 4 nitrogen and oxygen atoms in total. The van der Waals surface area contributed by atoms with E-state index in [2.05, 4.69) is 11.8 Å². The van der Waals surface area contributed by atoms with E-state index in [-0.39, 0.29) is 5.75 Å². The highest BCUT2D eigenvalue weighted by Gasteiger charge is 2.35. The molecule has 0 N–H and O–H groups in total. The van der Waals surface area contributed by atoms with Crippen LogP contribution >= 0.6 is 0 Å². The second-order valence-electron chi connectivity index (χ2n) is 6.25. The van der Waals surface area contributed by atoms with Crippen LogP contribution in [0, 0.1) is 5.92 Å². The third-order valence-corrected chi connectivity index (χ3v) is 6.59. The minimum absolute atomic E-state index is 0.117. The number of sulfonamides is 1. The van der Waals surface area contributed by atoms with E-state index in [1.165, 1.54) is 12.8 Å². The van der Waals surface area contributed by atoms with Crippen LogP contribution in [-0.4, -0.2) is 49.8 Å². The molecule has 1 unspecified atom stereocenters. The molecule has 1 saturated heterocycles. The van der Waals surface area contributed by atoms with Gasteiger partial charge in [0.25, 0.3) is 0 Å². The molecule has 0 spiro atoms. The minimum atomic E-state index is -3.18. The summed E-state index contributed by atoms with van der Waals surface area (Å²) < 4.78 is 26.6. The molecule has 1 atom stereocenters. The Morgan fingerprint density at radius 2 is 1.71 bits per heavy atom. The molecule has 0 amide bonds. The molecule has 1 aromatic carbocycles. The molecular formula is C16H24N2O2S. The lowest BCUT2D eigenvalue weighted by atomic mass is 10.1. The fourth-order valence-corrected chi connectivity index (χ4v) is 4.66. The molecule has 0 bridgehead atoms. The van der Waals surface area contributed by atoms with Gasteiger partial charge in [-0.15, -0.1) is 0 Å². The third-order valence-electron chi connectivity index (χ3n) is 4.74. The first-order valence-electron chi connectivity index (χ1n) is 7.82. The van der Waals surface area contributed by atoms with Gasteiger partial charge in [0.15, 0.2) is 0 Å². The monoisotopic (exact) mass is 308 g/mol. The lowest BCUT2D eigenvalue weighted by molar-refractivity contribution is 0.133. The van der Waals surface area contributed by atoms with E-state index in [1.54, 1.807) is 4.31 Å². The van der Waals surface area contributed by atoms with E-state index in [1.807, 2.05) is 30.3 Å². The molecule has 0 aromatic heterocycles. The van der Waals surface area contributed by atoms with Gasteiger partial charge in [-0.05, 0) is 31.2 Å². The van der Waals surface area contributed by atoms with Crippen molar-refractivity contribution in [2.24, 2.45) is 5.92 Å². The molecule has 1 aliphatic heterocycles. The maximum atomic E-state index is 12.5. The first-order chi connectivity index (χ1) is 10.1. The minimum Gasteiger partial charge on any atom is -0.298 e. The molecular weight excluding hydrogens is 284 g/mol. The van der Waals surface area contributed by atoms with Gasteiger partial charge < -0.3 is 0 Å². The van der Waals surface area contributed by atoms with E-state index in [4.69, 9.17) is 0 Å². The van der Waals surface area contributed by atoms with Crippen LogP contribution in [0.1, 0.15) is 25.3 Å². The summed E-state index contributed by atoms with van der Waals surface area (Å²) in [6, 6.07) is 10.1. The summed E-state index contributed by atoms with van der Waals surface area (Å²) in [5.41, 5.74) is 0.867. The molecule has 5 heteroatoms. The molecule has 3 rings (SSSR count). The largest absolute Gasteiger partial charge is 0.298 e. The van der Waals surface area contributed by atoms with Crippen LogP contribution in [0.2, 0.25) is 0 Å². The summed E-state index contributed by atoms with van der Waals surface area (Å²) in [6.07, 6.45) is 2.68. The zero-order valence-corrected chi connectivity index (χ0v) is 13.4. The topological polar surface area (TPSA) is 40.6 Å². The van der Waals surface area contributed by atoms with Crippen molar-refractivity contribution in [3.8, 4) is 0 Å². The lowest BCUT2D eigenvalue weighted by Gasteiger charge is -2.37.